The molecule has 8 heteroatoms. The van der Waals surface area contributed by atoms with Crippen LogP contribution in [-0.4, -0.2) is 53.1 Å². The topological polar surface area (TPSA) is 76.2 Å². The van der Waals surface area contributed by atoms with Crippen molar-refractivity contribution < 1.29 is 22.7 Å². The Morgan fingerprint density at radius 2 is 1.63 bits per heavy atom. The van der Waals surface area contributed by atoms with Crippen LogP contribution in [0.5, 0.6) is 11.5 Å². The SMILES string of the molecule is COc1ccc(S(=O)(=O)N(CC(=O)N2CCCC3(CCCC3)CC2)c2cc(C)ccc2OC)cc1. The summed E-state index contributed by atoms with van der Waals surface area (Å²) in [5.74, 6) is 0.784. The number of carbonyl (C=O) groups is 1. The number of likely N-dealkylation sites (tertiary alicyclic amines) is 1. The number of anilines is 1. The third kappa shape index (κ3) is 5.42. The van der Waals surface area contributed by atoms with Crippen molar-refractivity contribution in [2.24, 2.45) is 5.41 Å². The van der Waals surface area contributed by atoms with E-state index in [9.17, 15) is 13.2 Å². The monoisotopic (exact) mass is 500 g/mol. The van der Waals surface area contributed by atoms with E-state index in [0.29, 0.717) is 35.7 Å². The molecule has 0 atom stereocenters. The van der Waals surface area contributed by atoms with Crippen LogP contribution in [0.3, 0.4) is 0 Å². The number of nitrogens with zero attached hydrogens (tertiary/aromatic N) is 2. The van der Waals surface area contributed by atoms with Gasteiger partial charge in [0.05, 0.1) is 24.8 Å². The van der Waals surface area contributed by atoms with E-state index in [1.165, 1.54) is 56.3 Å². The second-order valence-electron chi connectivity index (χ2n) is 9.80. The number of aryl methyl sites for hydroxylation is 1. The van der Waals surface area contributed by atoms with Crippen molar-refractivity contribution in [1.29, 1.82) is 0 Å². The van der Waals surface area contributed by atoms with Crippen LogP contribution in [0.15, 0.2) is 47.4 Å². The van der Waals surface area contributed by atoms with Gasteiger partial charge >= 0.3 is 0 Å². The molecule has 1 heterocycles. The van der Waals surface area contributed by atoms with Gasteiger partial charge in [-0.1, -0.05) is 18.9 Å². The van der Waals surface area contributed by atoms with Crippen molar-refractivity contribution >= 4 is 21.6 Å². The molecule has 2 aromatic carbocycles. The predicted molar refractivity (Wildman–Crippen MR) is 137 cm³/mol. The van der Waals surface area contributed by atoms with Crippen LogP contribution in [0, 0.1) is 12.3 Å². The number of carbonyl (C=O) groups excluding carboxylic acids is 1. The number of hydrogen-bond acceptors (Lipinski definition) is 5. The summed E-state index contributed by atoms with van der Waals surface area (Å²) in [6, 6.07) is 11.6. The molecular formula is C27H36N2O5S. The minimum absolute atomic E-state index is 0.0930. The Balaban J connectivity index is 1.65. The lowest BCUT2D eigenvalue weighted by atomic mass is 9.79. The molecule has 7 nitrogen and oxygen atoms in total. The quantitative estimate of drug-likeness (QED) is 0.547. The summed E-state index contributed by atoms with van der Waals surface area (Å²) < 4.78 is 39.6. The number of amides is 1. The van der Waals surface area contributed by atoms with Gasteiger partial charge in [0.15, 0.2) is 0 Å². The Morgan fingerprint density at radius 3 is 2.29 bits per heavy atom. The van der Waals surface area contributed by atoms with Crippen LogP contribution in [0.1, 0.15) is 50.5 Å². The van der Waals surface area contributed by atoms with Crippen LogP contribution in [0.2, 0.25) is 0 Å². The third-order valence-corrected chi connectivity index (χ3v) is 9.37. The van der Waals surface area contributed by atoms with E-state index in [-0.39, 0.29) is 17.3 Å². The zero-order chi connectivity index (χ0) is 25.1. The molecular weight excluding hydrogens is 464 g/mol. The maximum absolute atomic E-state index is 13.9. The largest absolute Gasteiger partial charge is 0.497 e. The molecule has 0 unspecified atom stereocenters. The van der Waals surface area contributed by atoms with Gasteiger partial charge in [-0.15, -0.1) is 0 Å². The number of methoxy groups -OCH3 is 2. The molecule has 1 aliphatic heterocycles. The number of benzene rings is 2. The van der Waals surface area contributed by atoms with E-state index in [2.05, 4.69) is 0 Å². The smallest absolute Gasteiger partial charge is 0.264 e. The average Bonchev–Trinajstić information content (AvgIpc) is 3.22. The van der Waals surface area contributed by atoms with Gasteiger partial charge in [0.25, 0.3) is 10.0 Å². The summed E-state index contributed by atoms with van der Waals surface area (Å²) in [4.78, 5) is 15.5. The van der Waals surface area contributed by atoms with Crippen LogP contribution < -0.4 is 13.8 Å². The second kappa shape index (κ2) is 10.5. The fourth-order valence-corrected chi connectivity index (χ4v) is 6.94. The van der Waals surface area contributed by atoms with Crippen LogP contribution >= 0.6 is 0 Å². The fraction of sp³-hybridized carbons (Fsp3) is 0.519. The van der Waals surface area contributed by atoms with Crippen molar-refractivity contribution in [1.82, 2.24) is 4.90 Å². The summed E-state index contributed by atoms with van der Waals surface area (Å²) in [6.45, 7) is 2.96. The summed E-state index contributed by atoms with van der Waals surface area (Å²) in [5.41, 5.74) is 1.60. The highest BCUT2D eigenvalue weighted by Crippen LogP contribution is 2.46. The van der Waals surface area contributed by atoms with Gasteiger partial charge in [0.2, 0.25) is 5.91 Å². The summed E-state index contributed by atoms with van der Waals surface area (Å²) in [5, 5.41) is 0. The normalized spacial score (nSPS) is 17.7. The molecule has 1 amide bonds. The Bertz CT molecular complexity index is 1140. The molecule has 2 aromatic rings. The van der Waals surface area contributed by atoms with Crippen LogP contribution in [-0.2, 0) is 14.8 Å². The molecule has 190 valence electrons. The maximum Gasteiger partial charge on any atom is 0.264 e. The highest BCUT2D eigenvalue weighted by atomic mass is 32.2. The van der Waals surface area contributed by atoms with E-state index in [4.69, 9.17) is 9.47 Å². The van der Waals surface area contributed by atoms with E-state index in [1.54, 1.807) is 24.3 Å². The van der Waals surface area contributed by atoms with Crippen molar-refractivity contribution in [2.45, 2.75) is 56.8 Å². The Morgan fingerprint density at radius 1 is 0.943 bits per heavy atom. The van der Waals surface area contributed by atoms with E-state index >= 15 is 0 Å². The number of ether oxygens (including phenoxy) is 2. The minimum atomic E-state index is -4.04. The lowest BCUT2D eigenvalue weighted by Gasteiger charge is -2.30. The Kier molecular flexibility index (Phi) is 7.59. The first-order valence-electron chi connectivity index (χ1n) is 12.4. The second-order valence-corrected chi connectivity index (χ2v) is 11.7. The van der Waals surface area contributed by atoms with Crippen molar-refractivity contribution in [3.63, 3.8) is 0 Å². The number of rotatable bonds is 7. The highest BCUT2D eigenvalue weighted by molar-refractivity contribution is 7.92. The molecule has 2 aliphatic rings. The van der Waals surface area contributed by atoms with E-state index in [1.807, 2.05) is 17.9 Å². The molecule has 0 aromatic heterocycles. The first-order valence-corrected chi connectivity index (χ1v) is 13.8. The molecule has 1 aliphatic carbocycles. The molecule has 1 saturated heterocycles. The van der Waals surface area contributed by atoms with Gasteiger partial charge in [0, 0.05) is 13.1 Å². The first-order chi connectivity index (χ1) is 16.8. The lowest BCUT2D eigenvalue weighted by Crippen LogP contribution is -2.43. The average molecular weight is 501 g/mol. The number of hydrogen-bond donors (Lipinski definition) is 0. The van der Waals surface area contributed by atoms with Crippen molar-refractivity contribution in [3.05, 3.63) is 48.0 Å². The molecule has 1 spiro atoms. The van der Waals surface area contributed by atoms with Gasteiger partial charge < -0.3 is 14.4 Å². The molecule has 2 fully saturated rings. The Labute approximate surface area is 209 Å². The Hall–Kier alpha value is -2.74. The molecule has 0 bridgehead atoms. The van der Waals surface area contributed by atoms with Gasteiger partial charge in [-0.05, 0) is 86.4 Å². The van der Waals surface area contributed by atoms with Gasteiger partial charge in [-0.25, -0.2) is 8.42 Å². The molecule has 0 N–H and O–H groups in total. The summed E-state index contributed by atoms with van der Waals surface area (Å²) in [6.07, 6.45) is 8.14. The first kappa shape index (κ1) is 25.4. The van der Waals surface area contributed by atoms with Gasteiger partial charge in [-0.2, -0.15) is 0 Å². The zero-order valence-electron chi connectivity index (χ0n) is 21.0. The van der Waals surface area contributed by atoms with Crippen LogP contribution in [0.25, 0.3) is 0 Å². The lowest BCUT2D eigenvalue weighted by molar-refractivity contribution is -0.129. The van der Waals surface area contributed by atoms with E-state index < -0.39 is 10.0 Å². The van der Waals surface area contributed by atoms with Crippen LogP contribution in [0.4, 0.5) is 5.69 Å². The minimum Gasteiger partial charge on any atom is -0.497 e. The standard InChI is InChI=1S/C27H36N2O5S/c1-21-7-12-25(34-3)24(19-21)29(35(31,32)23-10-8-22(33-2)9-11-23)20-26(30)28-17-6-15-27(16-18-28)13-4-5-14-27/h7-12,19H,4-6,13-18,20H2,1-3H3. The van der Waals surface area contributed by atoms with E-state index in [0.717, 1.165) is 24.8 Å². The molecule has 35 heavy (non-hydrogen) atoms. The summed E-state index contributed by atoms with van der Waals surface area (Å²) >= 11 is 0. The summed E-state index contributed by atoms with van der Waals surface area (Å²) in [7, 11) is -1.01. The zero-order valence-corrected chi connectivity index (χ0v) is 21.8. The molecule has 4 rings (SSSR count). The maximum atomic E-state index is 13.9. The number of sulfonamides is 1. The van der Waals surface area contributed by atoms with Crippen molar-refractivity contribution in [2.75, 3.05) is 38.2 Å². The van der Waals surface area contributed by atoms with Gasteiger partial charge in [0.1, 0.15) is 18.0 Å². The molecule has 1 saturated carbocycles. The van der Waals surface area contributed by atoms with Gasteiger partial charge in [-0.3, -0.25) is 9.10 Å². The third-order valence-electron chi connectivity index (χ3n) is 7.59. The highest BCUT2D eigenvalue weighted by Gasteiger charge is 2.37. The molecule has 0 radical (unpaired) electrons. The van der Waals surface area contributed by atoms with Crippen molar-refractivity contribution in [3.8, 4) is 11.5 Å². The fourth-order valence-electron chi connectivity index (χ4n) is 5.52. The predicted octanol–water partition coefficient (Wildman–Crippen LogP) is 4.78.